The fourth-order valence-electron chi connectivity index (χ4n) is 1.13. The van der Waals surface area contributed by atoms with Crippen molar-refractivity contribution in [2.45, 2.75) is 26.3 Å². The molecule has 72 valence electrons. The third kappa shape index (κ3) is 1.80. The highest BCUT2D eigenvalue weighted by Crippen LogP contribution is 2.15. The van der Waals surface area contributed by atoms with Gasteiger partial charge in [0.25, 0.3) is 5.56 Å². The SMILES string of the molecule is CC(C)(C)n1c(O)cc(=O)[nH]c1=O. The zero-order valence-electron chi connectivity index (χ0n) is 7.79. The standard InChI is InChI=1S/C8H12N2O3/c1-8(2,3)10-6(12)4-5(11)9-7(10)13/h4,12H,1-3H3,(H,9,11,13). The van der Waals surface area contributed by atoms with Crippen LogP contribution in [0.2, 0.25) is 0 Å². The molecule has 0 fully saturated rings. The van der Waals surface area contributed by atoms with Crippen molar-refractivity contribution in [3.63, 3.8) is 0 Å². The average molecular weight is 184 g/mol. The van der Waals surface area contributed by atoms with Crippen LogP contribution in [0.5, 0.6) is 5.88 Å². The van der Waals surface area contributed by atoms with E-state index in [0.717, 1.165) is 10.6 Å². The molecule has 13 heavy (non-hydrogen) atoms. The Morgan fingerprint density at radius 1 is 1.38 bits per heavy atom. The third-order valence-electron chi connectivity index (χ3n) is 1.59. The molecule has 0 aromatic carbocycles. The summed E-state index contributed by atoms with van der Waals surface area (Å²) < 4.78 is 1.12. The van der Waals surface area contributed by atoms with Gasteiger partial charge in [0.15, 0.2) is 0 Å². The zero-order chi connectivity index (χ0) is 10.2. The van der Waals surface area contributed by atoms with E-state index in [0.29, 0.717) is 0 Å². The van der Waals surface area contributed by atoms with E-state index in [1.54, 1.807) is 20.8 Å². The van der Waals surface area contributed by atoms with Gasteiger partial charge in [0, 0.05) is 5.54 Å². The summed E-state index contributed by atoms with van der Waals surface area (Å²) in [6.45, 7) is 5.27. The predicted octanol–water partition coefficient (Wildman–Crippen LogP) is -0.00280. The van der Waals surface area contributed by atoms with Crippen LogP contribution < -0.4 is 11.2 Å². The first-order valence-corrected chi connectivity index (χ1v) is 3.88. The highest BCUT2D eigenvalue weighted by molar-refractivity contribution is 5.08. The van der Waals surface area contributed by atoms with Crippen LogP contribution in [0.4, 0.5) is 0 Å². The highest BCUT2D eigenvalue weighted by atomic mass is 16.3. The van der Waals surface area contributed by atoms with E-state index >= 15 is 0 Å². The van der Waals surface area contributed by atoms with Gasteiger partial charge < -0.3 is 5.11 Å². The molecule has 5 nitrogen and oxygen atoms in total. The van der Waals surface area contributed by atoms with Crippen LogP contribution in [-0.2, 0) is 5.54 Å². The van der Waals surface area contributed by atoms with Gasteiger partial charge in [-0.2, -0.15) is 0 Å². The monoisotopic (exact) mass is 184 g/mol. The maximum absolute atomic E-state index is 11.3. The largest absolute Gasteiger partial charge is 0.494 e. The van der Waals surface area contributed by atoms with E-state index < -0.39 is 16.8 Å². The molecule has 0 aliphatic rings. The molecule has 0 saturated heterocycles. The van der Waals surface area contributed by atoms with Crippen LogP contribution >= 0.6 is 0 Å². The number of nitrogens with one attached hydrogen (secondary N) is 1. The van der Waals surface area contributed by atoms with Crippen LogP contribution in [0, 0.1) is 0 Å². The fraction of sp³-hybridized carbons (Fsp3) is 0.500. The Hall–Kier alpha value is -1.52. The van der Waals surface area contributed by atoms with Crippen LogP contribution in [0.25, 0.3) is 0 Å². The molecule has 1 rings (SSSR count). The van der Waals surface area contributed by atoms with Gasteiger partial charge in [-0.1, -0.05) is 0 Å². The van der Waals surface area contributed by atoms with Crippen molar-refractivity contribution in [2.24, 2.45) is 0 Å². The molecule has 0 spiro atoms. The van der Waals surface area contributed by atoms with Crippen LogP contribution in [0.3, 0.4) is 0 Å². The van der Waals surface area contributed by atoms with E-state index in [2.05, 4.69) is 4.98 Å². The lowest BCUT2D eigenvalue weighted by molar-refractivity contribution is 0.306. The van der Waals surface area contributed by atoms with Gasteiger partial charge in [0.2, 0.25) is 5.88 Å². The minimum absolute atomic E-state index is 0.318. The Kier molecular flexibility index (Phi) is 2.03. The van der Waals surface area contributed by atoms with Gasteiger partial charge in [0.1, 0.15) is 0 Å². The van der Waals surface area contributed by atoms with E-state index in [9.17, 15) is 14.7 Å². The topological polar surface area (TPSA) is 75.1 Å². The maximum Gasteiger partial charge on any atom is 0.331 e. The molecule has 0 unspecified atom stereocenters. The molecule has 0 atom stereocenters. The summed E-state index contributed by atoms with van der Waals surface area (Å²) >= 11 is 0. The molecule has 0 aliphatic carbocycles. The normalized spacial score (nSPS) is 11.6. The first kappa shape index (κ1) is 9.57. The second kappa shape index (κ2) is 2.76. The van der Waals surface area contributed by atoms with E-state index in [1.165, 1.54) is 0 Å². The van der Waals surface area contributed by atoms with E-state index in [-0.39, 0.29) is 5.88 Å². The molecule has 0 radical (unpaired) electrons. The summed E-state index contributed by atoms with van der Waals surface area (Å²) in [4.78, 5) is 24.1. The van der Waals surface area contributed by atoms with Gasteiger partial charge in [-0.05, 0) is 20.8 Å². The molecule has 2 N–H and O–H groups in total. The summed E-state index contributed by atoms with van der Waals surface area (Å²) in [5, 5.41) is 9.35. The molecular weight excluding hydrogens is 172 g/mol. The Morgan fingerprint density at radius 2 is 1.92 bits per heavy atom. The Morgan fingerprint density at radius 3 is 2.31 bits per heavy atom. The Labute approximate surface area is 74.7 Å². The number of nitrogens with zero attached hydrogens (tertiary/aromatic N) is 1. The highest BCUT2D eigenvalue weighted by Gasteiger charge is 2.18. The third-order valence-corrected chi connectivity index (χ3v) is 1.59. The predicted molar refractivity (Wildman–Crippen MR) is 48.0 cm³/mol. The Bertz CT molecular complexity index is 422. The van der Waals surface area contributed by atoms with Crippen molar-refractivity contribution in [1.29, 1.82) is 0 Å². The molecule has 0 saturated carbocycles. The molecule has 1 heterocycles. The minimum atomic E-state index is -0.600. The lowest BCUT2D eigenvalue weighted by Crippen LogP contribution is -2.38. The number of aromatic nitrogens is 2. The van der Waals surface area contributed by atoms with Crippen molar-refractivity contribution in [2.75, 3.05) is 0 Å². The van der Waals surface area contributed by atoms with Crippen LogP contribution in [0.15, 0.2) is 15.7 Å². The van der Waals surface area contributed by atoms with Crippen molar-refractivity contribution >= 4 is 0 Å². The van der Waals surface area contributed by atoms with Crippen molar-refractivity contribution in [3.8, 4) is 5.88 Å². The molecule has 0 amide bonds. The first-order valence-electron chi connectivity index (χ1n) is 3.88. The second-order valence-electron chi connectivity index (χ2n) is 3.80. The second-order valence-corrected chi connectivity index (χ2v) is 3.80. The Balaban J connectivity index is 3.57. The van der Waals surface area contributed by atoms with Gasteiger partial charge >= 0.3 is 5.69 Å². The lowest BCUT2D eigenvalue weighted by Gasteiger charge is -2.22. The van der Waals surface area contributed by atoms with Crippen LogP contribution in [0.1, 0.15) is 20.8 Å². The van der Waals surface area contributed by atoms with Crippen molar-refractivity contribution < 1.29 is 5.11 Å². The lowest BCUT2D eigenvalue weighted by atomic mass is 10.1. The number of hydrogen-bond donors (Lipinski definition) is 2. The van der Waals surface area contributed by atoms with Gasteiger partial charge in [0.05, 0.1) is 6.07 Å². The summed E-state index contributed by atoms with van der Waals surface area (Å²) in [7, 11) is 0. The van der Waals surface area contributed by atoms with E-state index in [4.69, 9.17) is 0 Å². The van der Waals surface area contributed by atoms with Crippen molar-refractivity contribution in [3.05, 3.63) is 26.9 Å². The average Bonchev–Trinajstić information content (AvgIpc) is 1.78. The van der Waals surface area contributed by atoms with E-state index in [1.807, 2.05) is 0 Å². The number of H-pyrrole nitrogens is 1. The smallest absolute Gasteiger partial charge is 0.331 e. The minimum Gasteiger partial charge on any atom is -0.494 e. The molecule has 0 aliphatic heterocycles. The number of rotatable bonds is 0. The number of aromatic hydroxyl groups is 1. The zero-order valence-corrected chi connectivity index (χ0v) is 7.79. The molecule has 5 heteroatoms. The summed E-state index contributed by atoms with van der Waals surface area (Å²) in [5.74, 6) is -0.318. The first-order chi connectivity index (χ1) is 5.82. The molecule has 1 aromatic rings. The summed E-state index contributed by atoms with van der Waals surface area (Å²) in [6.07, 6.45) is 0. The summed E-state index contributed by atoms with van der Waals surface area (Å²) in [6, 6.07) is 0.979. The van der Waals surface area contributed by atoms with Crippen LogP contribution in [-0.4, -0.2) is 14.7 Å². The molecular formula is C8H12N2O3. The fourth-order valence-corrected chi connectivity index (χ4v) is 1.13. The van der Waals surface area contributed by atoms with Gasteiger partial charge in [-0.3, -0.25) is 14.3 Å². The van der Waals surface area contributed by atoms with Gasteiger partial charge in [-0.25, -0.2) is 4.79 Å². The van der Waals surface area contributed by atoms with Gasteiger partial charge in [-0.15, -0.1) is 0 Å². The maximum atomic E-state index is 11.3. The van der Waals surface area contributed by atoms with Crippen molar-refractivity contribution in [1.82, 2.24) is 9.55 Å². The number of hydrogen-bond acceptors (Lipinski definition) is 3. The quantitative estimate of drug-likeness (QED) is 0.595. The molecule has 1 aromatic heterocycles. The molecule has 0 bridgehead atoms. The number of aromatic amines is 1. The summed E-state index contributed by atoms with van der Waals surface area (Å²) in [5.41, 5.74) is -1.74.